The molecule has 15 nitrogen and oxygen atoms in total. The molecular formula is C45H20N2O13. The minimum atomic E-state index is -0.906. The average molecular weight is 797 g/mol. The first-order valence-electron chi connectivity index (χ1n) is 17.9. The van der Waals surface area contributed by atoms with Gasteiger partial charge in [-0.15, -0.1) is 0 Å². The number of aromatic nitrogens is 2. The maximum absolute atomic E-state index is 14.3. The Morgan fingerprint density at radius 1 is 0.417 bits per heavy atom. The maximum atomic E-state index is 14.3. The van der Waals surface area contributed by atoms with Crippen LogP contribution in [-0.4, -0.2) is 38.8 Å². The largest absolute Gasteiger partial charge is 0.457 e. The van der Waals surface area contributed by atoms with E-state index in [0.29, 0.717) is 0 Å². The molecule has 288 valence electrons. The first-order valence-corrected chi connectivity index (χ1v) is 17.9. The number of hydrogen-bond acceptors (Lipinski definition) is 13. The number of esters is 4. The third kappa shape index (κ3) is 5.41. The van der Waals surface area contributed by atoms with Gasteiger partial charge in [0.2, 0.25) is 0 Å². The van der Waals surface area contributed by atoms with Crippen LogP contribution in [0.3, 0.4) is 0 Å². The van der Waals surface area contributed by atoms with Crippen LogP contribution in [0.4, 0.5) is 0 Å². The molecule has 0 saturated carbocycles. The number of cyclic esters (lactones) is 4. The molecule has 0 aliphatic carbocycles. The number of nitrogens with zero attached hydrogens (tertiary/aromatic N) is 2. The van der Waals surface area contributed by atoms with Crippen molar-refractivity contribution in [2.45, 2.75) is 0 Å². The zero-order valence-electron chi connectivity index (χ0n) is 30.2. The molecule has 0 spiro atoms. The second-order valence-electron chi connectivity index (χ2n) is 13.6. The average Bonchev–Trinajstić information content (AvgIpc) is 3.89. The fraction of sp³-hybridized carbons (Fsp3) is 0. The molecule has 0 radical (unpaired) electrons. The fourth-order valence-electron chi connectivity index (χ4n) is 7.40. The topological polar surface area (TPSA) is 200 Å². The molecule has 8 aromatic rings. The Morgan fingerprint density at radius 3 is 1.25 bits per heavy atom. The summed E-state index contributed by atoms with van der Waals surface area (Å²) in [6.45, 7) is 0. The van der Waals surface area contributed by atoms with Gasteiger partial charge in [0.25, 0.3) is 22.2 Å². The molecular weight excluding hydrogens is 776 g/mol. The lowest BCUT2D eigenvalue weighted by Crippen LogP contribution is -2.24. The van der Waals surface area contributed by atoms with Crippen molar-refractivity contribution in [3.63, 3.8) is 0 Å². The van der Waals surface area contributed by atoms with E-state index in [4.69, 9.17) is 9.47 Å². The van der Waals surface area contributed by atoms with Gasteiger partial charge in [0.1, 0.15) is 23.0 Å². The Balaban J connectivity index is 1.05. The van der Waals surface area contributed by atoms with Crippen molar-refractivity contribution in [1.82, 2.24) is 9.13 Å². The lowest BCUT2D eigenvalue weighted by atomic mass is 9.95. The summed E-state index contributed by atoms with van der Waals surface area (Å²) in [6.07, 6.45) is 0. The first-order chi connectivity index (χ1) is 29.0. The molecule has 0 fully saturated rings. The maximum Gasteiger partial charge on any atom is 0.347 e. The van der Waals surface area contributed by atoms with E-state index in [1.54, 1.807) is 18.2 Å². The van der Waals surface area contributed by atoms with Crippen molar-refractivity contribution in [3.05, 3.63) is 196 Å². The normalized spacial score (nSPS) is 13.1. The molecule has 6 aromatic carbocycles. The lowest BCUT2D eigenvalue weighted by molar-refractivity contribution is 0.0425. The number of fused-ring (bicyclic) bond motifs is 4. The Morgan fingerprint density at radius 2 is 0.817 bits per heavy atom. The van der Waals surface area contributed by atoms with Gasteiger partial charge in [0.05, 0.1) is 55.2 Å². The molecule has 0 bridgehead atoms. The van der Waals surface area contributed by atoms with Gasteiger partial charge in [-0.05, 0) is 91.0 Å². The molecule has 0 atom stereocenters. The lowest BCUT2D eigenvalue weighted by Gasteiger charge is -2.08. The SMILES string of the molecule is O=C1OC(=O)c2cc(Oc3ccc(-n4c(=O)c5cc6c(=O)n(-c7ccc(Oc8ccc9c(c8)C(=O)OC9=O)cc7)c(=O)c6c(C(=O)c6ccccc6)c5c4=O)cc3)ccc21. The standard InChI is InChI=1S/C45H20N2O13/c48-37(21-4-2-1-3-5-21)36-34-32(38(49)46(40(34)51)22-6-10-24(11-7-22)57-26-14-16-28-30(18-26)44(55)59-42(28)53)20-33-35(36)41(52)47(39(33)50)23-8-12-25(13-9-23)58-27-15-17-29-31(19-27)45(56)60-43(29)54/h1-20H. The molecule has 10 rings (SSSR count). The van der Waals surface area contributed by atoms with Crippen molar-refractivity contribution in [1.29, 1.82) is 0 Å². The van der Waals surface area contributed by atoms with E-state index >= 15 is 0 Å². The molecule has 0 unspecified atom stereocenters. The summed E-state index contributed by atoms with van der Waals surface area (Å²) in [5.41, 5.74) is -3.35. The summed E-state index contributed by atoms with van der Waals surface area (Å²) in [5.74, 6) is -2.99. The zero-order valence-corrected chi connectivity index (χ0v) is 30.2. The van der Waals surface area contributed by atoms with Crippen molar-refractivity contribution >= 4 is 51.2 Å². The molecule has 2 aromatic heterocycles. The molecule has 0 saturated heterocycles. The molecule has 0 N–H and O–H groups in total. The third-order valence-corrected chi connectivity index (χ3v) is 10.2. The number of ether oxygens (including phenoxy) is 4. The summed E-state index contributed by atoms with van der Waals surface area (Å²) in [5, 5.41) is -1.22. The molecule has 2 aliphatic rings. The van der Waals surface area contributed by atoms with E-state index in [9.17, 15) is 43.2 Å². The predicted octanol–water partition coefficient (Wildman–Crippen LogP) is 5.33. The van der Waals surface area contributed by atoms with Gasteiger partial charge in [-0.3, -0.25) is 24.0 Å². The van der Waals surface area contributed by atoms with Crippen LogP contribution >= 0.6 is 0 Å². The smallest absolute Gasteiger partial charge is 0.347 e. The number of ketones is 1. The summed E-state index contributed by atoms with van der Waals surface area (Å²) in [4.78, 5) is 119. The Kier molecular flexibility index (Phi) is 7.77. The molecule has 15 heteroatoms. The monoisotopic (exact) mass is 796 g/mol. The highest BCUT2D eigenvalue weighted by Crippen LogP contribution is 2.31. The molecule has 2 aliphatic heterocycles. The van der Waals surface area contributed by atoms with Crippen LogP contribution in [0.15, 0.2) is 141 Å². The van der Waals surface area contributed by atoms with Gasteiger partial charge < -0.3 is 18.9 Å². The molecule has 4 heterocycles. The van der Waals surface area contributed by atoms with Crippen LogP contribution in [0.2, 0.25) is 0 Å². The van der Waals surface area contributed by atoms with E-state index in [1.807, 2.05) is 0 Å². The number of rotatable bonds is 8. The number of benzene rings is 6. The highest BCUT2D eigenvalue weighted by molar-refractivity contribution is 6.24. The predicted molar refractivity (Wildman–Crippen MR) is 210 cm³/mol. The Bertz CT molecular complexity index is 3280. The van der Waals surface area contributed by atoms with Crippen LogP contribution < -0.4 is 31.7 Å². The Labute approximate surface area is 333 Å². The molecule has 60 heavy (non-hydrogen) atoms. The second-order valence-corrected chi connectivity index (χ2v) is 13.6. The van der Waals surface area contributed by atoms with Gasteiger partial charge >= 0.3 is 23.9 Å². The van der Waals surface area contributed by atoms with Gasteiger partial charge in [-0.1, -0.05) is 30.3 Å². The van der Waals surface area contributed by atoms with Crippen LogP contribution in [-0.2, 0) is 9.47 Å². The van der Waals surface area contributed by atoms with Crippen LogP contribution in [0, 0.1) is 0 Å². The van der Waals surface area contributed by atoms with Gasteiger partial charge in [-0.25, -0.2) is 28.3 Å². The summed E-state index contributed by atoms with van der Waals surface area (Å²) >= 11 is 0. The van der Waals surface area contributed by atoms with Crippen molar-refractivity contribution in [2.24, 2.45) is 0 Å². The van der Waals surface area contributed by atoms with Gasteiger partial charge in [0.15, 0.2) is 5.78 Å². The highest BCUT2D eigenvalue weighted by Gasteiger charge is 2.32. The summed E-state index contributed by atoms with van der Waals surface area (Å²) in [6, 6.07) is 28.9. The van der Waals surface area contributed by atoms with E-state index in [0.717, 1.165) is 15.2 Å². The van der Waals surface area contributed by atoms with Crippen LogP contribution in [0.1, 0.15) is 57.4 Å². The number of carbonyl (C=O) groups excluding carboxylic acids is 5. The Hall–Kier alpha value is -8.85. The van der Waals surface area contributed by atoms with Gasteiger partial charge in [0, 0.05) is 11.1 Å². The highest BCUT2D eigenvalue weighted by atomic mass is 16.6. The number of carbonyl (C=O) groups is 5. The second kappa shape index (κ2) is 13.1. The quantitative estimate of drug-likeness (QED) is 0.109. The fourth-order valence-corrected chi connectivity index (χ4v) is 7.40. The van der Waals surface area contributed by atoms with Gasteiger partial charge in [-0.2, -0.15) is 0 Å². The van der Waals surface area contributed by atoms with Crippen molar-refractivity contribution in [2.75, 3.05) is 0 Å². The minimum Gasteiger partial charge on any atom is -0.457 e. The van der Waals surface area contributed by atoms with E-state index in [2.05, 4.69) is 9.47 Å². The molecule has 0 amide bonds. The number of hydrogen-bond donors (Lipinski definition) is 0. The third-order valence-electron chi connectivity index (χ3n) is 10.2. The minimum absolute atomic E-state index is 0.0414. The van der Waals surface area contributed by atoms with E-state index < -0.39 is 57.5 Å². The van der Waals surface area contributed by atoms with E-state index in [1.165, 1.54) is 97.1 Å². The van der Waals surface area contributed by atoms with E-state index in [-0.39, 0.29) is 83.7 Å². The van der Waals surface area contributed by atoms with Crippen LogP contribution in [0.25, 0.3) is 32.9 Å². The van der Waals surface area contributed by atoms with Crippen LogP contribution in [0.5, 0.6) is 23.0 Å². The van der Waals surface area contributed by atoms with Crippen molar-refractivity contribution in [3.8, 4) is 34.4 Å². The van der Waals surface area contributed by atoms with Crippen molar-refractivity contribution < 1.29 is 42.9 Å². The first kappa shape index (κ1) is 35.6. The summed E-state index contributed by atoms with van der Waals surface area (Å²) in [7, 11) is 0. The summed E-state index contributed by atoms with van der Waals surface area (Å²) < 4.78 is 22.6. The zero-order chi connectivity index (χ0) is 41.6.